The highest BCUT2D eigenvalue weighted by atomic mass is 19.1. The van der Waals surface area contributed by atoms with Crippen molar-refractivity contribution in [1.29, 1.82) is 0 Å². The Kier molecular flexibility index (Phi) is 4.08. The number of hydrogen-bond donors (Lipinski definition) is 1. The predicted molar refractivity (Wildman–Crippen MR) is 57.6 cm³/mol. The van der Waals surface area contributed by atoms with Gasteiger partial charge in [-0.2, -0.15) is 0 Å². The molecule has 1 aromatic carbocycles. The summed E-state index contributed by atoms with van der Waals surface area (Å²) < 4.78 is 13.4. The zero-order chi connectivity index (χ0) is 10.6. The lowest BCUT2D eigenvalue weighted by molar-refractivity contribution is 0.547. The van der Waals surface area contributed by atoms with Gasteiger partial charge in [-0.1, -0.05) is 37.5 Å². The Morgan fingerprint density at radius 3 is 2.79 bits per heavy atom. The molecule has 78 valence electrons. The molecule has 0 radical (unpaired) electrons. The van der Waals surface area contributed by atoms with Gasteiger partial charge in [-0.05, 0) is 19.4 Å². The van der Waals surface area contributed by atoms with Crippen LogP contribution in [0.1, 0.15) is 43.4 Å². The maximum Gasteiger partial charge on any atom is 0.127 e. The third kappa shape index (κ3) is 2.81. The molecule has 0 aliphatic carbocycles. The largest absolute Gasteiger partial charge is 0.324 e. The van der Waals surface area contributed by atoms with E-state index in [0.717, 1.165) is 24.8 Å². The van der Waals surface area contributed by atoms with E-state index in [-0.39, 0.29) is 11.9 Å². The molecule has 0 bridgehead atoms. The van der Waals surface area contributed by atoms with Crippen LogP contribution in [0.15, 0.2) is 18.2 Å². The van der Waals surface area contributed by atoms with E-state index in [2.05, 4.69) is 6.92 Å². The average Bonchev–Trinajstić information content (AvgIpc) is 2.18. The molecule has 2 N–H and O–H groups in total. The van der Waals surface area contributed by atoms with E-state index < -0.39 is 0 Å². The fourth-order valence-corrected chi connectivity index (χ4v) is 1.53. The zero-order valence-corrected chi connectivity index (χ0v) is 8.89. The minimum absolute atomic E-state index is 0.158. The van der Waals surface area contributed by atoms with Crippen LogP contribution >= 0.6 is 0 Å². The number of halogens is 1. The molecule has 14 heavy (non-hydrogen) atoms. The number of benzene rings is 1. The Hall–Kier alpha value is -0.890. The van der Waals surface area contributed by atoms with Crippen LogP contribution < -0.4 is 5.73 Å². The van der Waals surface area contributed by atoms with Crippen molar-refractivity contribution < 1.29 is 4.39 Å². The fraction of sp³-hybridized carbons (Fsp3) is 0.500. The molecule has 2 heteroatoms. The summed E-state index contributed by atoms with van der Waals surface area (Å²) in [7, 11) is 0. The van der Waals surface area contributed by atoms with Crippen LogP contribution in [-0.2, 0) is 0 Å². The van der Waals surface area contributed by atoms with Gasteiger partial charge in [0.05, 0.1) is 0 Å². The maximum atomic E-state index is 13.4. The topological polar surface area (TPSA) is 26.0 Å². The highest BCUT2D eigenvalue weighted by Gasteiger charge is 2.10. The molecule has 1 nitrogen and oxygen atoms in total. The molecule has 0 spiro atoms. The standard InChI is InChI=1S/C12H18FN/c1-3-4-5-12(14)10-8-9(2)6-7-11(10)13/h6-8,12H,3-5,14H2,1-2H3/t12-/m0/s1. The lowest BCUT2D eigenvalue weighted by Gasteiger charge is -2.12. The molecule has 0 aromatic heterocycles. The van der Waals surface area contributed by atoms with Crippen LogP contribution in [0.3, 0.4) is 0 Å². The lowest BCUT2D eigenvalue weighted by atomic mass is 10.00. The highest BCUT2D eigenvalue weighted by Crippen LogP contribution is 2.20. The molecule has 0 aliphatic rings. The molecule has 0 amide bonds. The van der Waals surface area contributed by atoms with Crippen molar-refractivity contribution in [2.24, 2.45) is 5.73 Å². The Balaban J connectivity index is 2.77. The van der Waals surface area contributed by atoms with E-state index in [1.165, 1.54) is 6.07 Å². The van der Waals surface area contributed by atoms with E-state index in [4.69, 9.17) is 5.73 Å². The van der Waals surface area contributed by atoms with Crippen LogP contribution in [0, 0.1) is 12.7 Å². The summed E-state index contributed by atoms with van der Waals surface area (Å²) in [5, 5.41) is 0. The Morgan fingerprint density at radius 2 is 2.14 bits per heavy atom. The van der Waals surface area contributed by atoms with Crippen molar-refractivity contribution >= 4 is 0 Å². The van der Waals surface area contributed by atoms with Crippen LogP contribution in [0.2, 0.25) is 0 Å². The van der Waals surface area contributed by atoms with Crippen LogP contribution in [0.5, 0.6) is 0 Å². The minimum Gasteiger partial charge on any atom is -0.324 e. The predicted octanol–water partition coefficient (Wildman–Crippen LogP) is 3.32. The second-order valence-electron chi connectivity index (χ2n) is 3.77. The molecule has 1 atom stereocenters. The number of hydrogen-bond acceptors (Lipinski definition) is 1. The zero-order valence-electron chi connectivity index (χ0n) is 8.89. The number of rotatable bonds is 4. The summed E-state index contributed by atoms with van der Waals surface area (Å²) in [6.07, 6.45) is 3.01. The van der Waals surface area contributed by atoms with Crippen molar-refractivity contribution in [2.75, 3.05) is 0 Å². The van der Waals surface area contributed by atoms with Crippen molar-refractivity contribution in [3.05, 3.63) is 35.1 Å². The normalized spacial score (nSPS) is 12.9. The first-order valence-electron chi connectivity index (χ1n) is 5.16. The monoisotopic (exact) mass is 195 g/mol. The molecular formula is C12H18FN. The second kappa shape index (κ2) is 5.11. The highest BCUT2D eigenvalue weighted by molar-refractivity contribution is 5.26. The van der Waals surface area contributed by atoms with Crippen LogP contribution in [0.25, 0.3) is 0 Å². The lowest BCUT2D eigenvalue weighted by Crippen LogP contribution is -2.12. The summed E-state index contributed by atoms with van der Waals surface area (Å²) in [4.78, 5) is 0. The molecule has 0 saturated heterocycles. The van der Waals surface area contributed by atoms with Gasteiger partial charge < -0.3 is 5.73 Å². The number of unbranched alkanes of at least 4 members (excludes halogenated alkanes) is 1. The van der Waals surface area contributed by atoms with Crippen molar-refractivity contribution in [1.82, 2.24) is 0 Å². The molecule has 0 unspecified atom stereocenters. The Bertz CT molecular complexity index is 296. The Morgan fingerprint density at radius 1 is 1.43 bits per heavy atom. The number of aryl methyl sites for hydroxylation is 1. The van der Waals surface area contributed by atoms with Gasteiger partial charge in [0.15, 0.2) is 0 Å². The summed E-state index contributed by atoms with van der Waals surface area (Å²) in [5.41, 5.74) is 7.63. The molecule has 1 rings (SSSR count). The quantitative estimate of drug-likeness (QED) is 0.783. The van der Waals surface area contributed by atoms with Gasteiger partial charge in [-0.15, -0.1) is 0 Å². The first kappa shape index (κ1) is 11.2. The summed E-state index contributed by atoms with van der Waals surface area (Å²) >= 11 is 0. The smallest absolute Gasteiger partial charge is 0.127 e. The fourth-order valence-electron chi connectivity index (χ4n) is 1.53. The van der Waals surface area contributed by atoms with E-state index in [9.17, 15) is 4.39 Å². The van der Waals surface area contributed by atoms with Gasteiger partial charge in [0.2, 0.25) is 0 Å². The third-order valence-electron chi connectivity index (χ3n) is 2.42. The van der Waals surface area contributed by atoms with E-state index in [1.807, 2.05) is 13.0 Å². The molecular weight excluding hydrogens is 177 g/mol. The molecule has 0 heterocycles. The first-order valence-corrected chi connectivity index (χ1v) is 5.16. The van der Waals surface area contributed by atoms with E-state index in [0.29, 0.717) is 5.56 Å². The average molecular weight is 195 g/mol. The van der Waals surface area contributed by atoms with Gasteiger partial charge in [-0.3, -0.25) is 0 Å². The summed E-state index contributed by atoms with van der Waals surface area (Å²) in [5.74, 6) is -0.181. The summed E-state index contributed by atoms with van der Waals surface area (Å²) in [6, 6.07) is 4.95. The first-order chi connectivity index (χ1) is 6.65. The van der Waals surface area contributed by atoms with Crippen molar-refractivity contribution in [3.63, 3.8) is 0 Å². The van der Waals surface area contributed by atoms with E-state index in [1.54, 1.807) is 6.07 Å². The van der Waals surface area contributed by atoms with Gasteiger partial charge in [0.25, 0.3) is 0 Å². The van der Waals surface area contributed by atoms with Gasteiger partial charge in [-0.25, -0.2) is 4.39 Å². The molecule has 0 aliphatic heterocycles. The van der Waals surface area contributed by atoms with Gasteiger partial charge in [0, 0.05) is 11.6 Å². The number of nitrogens with two attached hydrogens (primary N) is 1. The van der Waals surface area contributed by atoms with Crippen molar-refractivity contribution in [3.8, 4) is 0 Å². The Labute approximate surface area is 85.1 Å². The third-order valence-corrected chi connectivity index (χ3v) is 2.42. The SMILES string of the molecule is CCCC[C@H](N)c1cc(C)ccc1F. The maximum absolute atomic E-state index is 13.4. The molecule has 0 fully saturated rings. The molecule has 0 saturated carbocycles. The molecule has 1 aromatic rings. The van der Waals surface area contributed by atoms with Crippen LogP contribution in [0.4, 0.5) is 4.39 Å². The van der Waals surface area contributed by atoms with Crippen molar-refractivity contribution in [2.45, 2.75) is 39.2 Å². The minimum atomic E-state index is -0.181. The summed E-state index contributed by atoms with van der Waals surface area (Å²) in [6.45, 7) is 4.06. The van der Waals surface area contributed by atoms with Gasteiger partial charge >= 0.3 is 0 Å². The second-order valence-corrected chi connectivity index (χ2v) is 3.77. The van der Waals surface area contributed by atoms with Crippen LogP contribution in [-0.4, -0.2) is 0 Å². The van der Waals surface area contributed by atoms with Gasteiger partial charge in [0.1, 0.15) is 5.82 Å². The van der Waals surface area contributed by atoms with E-state index >= 15 is 0 Å².